The van der Waals surface area contributed by atoms with Gasteiger partial charge in [0.05, 0.1) is 6.04 Å². The van der Waals surface area contributed by atoms with Gasteiger partial charge in [0.2, 0.25) is 4.96 Å². The Balaban J connectivity index is 1.66. The maximum Gasteiger partial charge on any atom is 0.213 e. The highest BCUT2D eigenvalue weighted by Gasteiger charge is 2.22. The zero-order chi connectivity index (χ0) is 18.4. The Morgan fingerprint density at radius 2 is 1.85 bits per heavy atom. The van der Waals surface area contributed by atoms with Crippen LogP contribution in [0.2, 0.25) is 0 Å². The summed E-state index contributed by atoms with van der Waals surface area (Å²) in [6.07, 6.45) is 4.29. The van der Waals surface area contributed by atoms with Crippen LogP contribution in [0.4, 0.5) is 0 Å². The molecule has 0 aliphatic heterocycles. The minimum absolute atomic E-state index is 0.453. The molecule has 0 spiro atoms. The Kier molecular flexibility index (Phi) is 4.46. The van der Waals surface area contributed by atoms with Crippen LogP contribution in [0.1, 0.15) is 18.5 Å². The maximum absolute atomic E-state index is 4.88. The Bertz CT molecular complexity index is 1160. The Labute approximate surface area is 177 Å². The van der Waals surface area contributed by atoms with Gasteiger partial charge < -0.3 is 0 Å². The number of hydrogen-bond acceptors (Lipinski definition) is 4. The molecule has 2 aromatic heterocycles. The van der Waals surface area contributed by atoms with Crippen molar-refractivity contribution >= 4 is 54.4 Å². The summed E-state index contributed by atoms with van der Waals surface area (Å²) in [6, 6.07) is 16.8. The molecule has 2 aromatic carbocycles. The first-order valence-corrected chi connectivity index (χ1v) is 11.0. The molecule has 0 amide bonds. The third-order valence-electron chi connectivity index (χ3n) is 4.41. The molecule has 0 saturated heterocycles. The number of fused-ring (bicyclic) bond motifs is 1. The number of halogens is 2. The second-order valence-electron chi connectivity index (χ2n) is 6.44. The van der Waals surface area contributed by atoms with Gasteiger partial charge in [-0.05, 0) is 31.0 Å². The molecule has 5 rings (SSSR count). The minimum atomic E-state index is 0.453. The first-order valence-electron chi connectivity index (χ1n) is 8.62. The summed E-state index contributed by atoms with van der Waals surface area (Å²) in [5.41, 5.74) is 4.00. The Hall–Kier alpha value is -1.83. The van der Waals surface area contributed by atoms with Crippen molar-refractivity contribution in [1.29, 1.82) is 0 Å². The first-order chi connectivity index (χ1) is 13.2. The van der Waals surface area contributed by atoms with Crippen LogP contribution in [-0.4, -0.2) is 26.9 Å². The lowest BCUT2D eigenvalue weighted by atomic mass is 10.1. The summed E-state index contributed by atoms with van der Waals surface area (Å²) in [5, 5.41) is 5.79. The van der Waals surface area contributed by atoms with Crippen molar-refractivity contribution in [2.24, 2.45) is 4.99 Å². The van der Waals surface area contributed by atoms with Gasteiger partial charge in [-0.2, -0.15) is 5.10 Å². The number of aromatic nitrogens is 3. The highest BCUT2D eigenvalue weighted by Crippen LogP contribution is 2.34. The summed E-state index contributed by atoms with van der Waals surface area (Å²) < 4.78 is 4.00. The summed E-state index contributed by atoms with van der Waals surface area (Å²) in [7, 11) is 0. The topological polar surface area (TPSA) is 42.5 Å². The first kappa shape index (κ1) is 17.3. The van der Waals surface area contributed by atoms with E-state index in [9.17, 15) is 0 Å². The quantitative estimate of drug-likeness (QED) is 0.311. The van der Waals surface area contributed by atoms with Gasteiger partial charge in [0.1, 0.15) is 16.4 Å². The summed E-state index contributed by atoms with van der Waals surface area (Å²) >= 11 is 8.70. The Morgan fingerprint density at radius 3 is 2.59 bits per heavy atom. The molecule has 1 aliphatic carbocycles. The summed E-state index contributed by atoms with van der Waals surface area (Å²) in [6.45, 7) is 0. The van der Waals surface area contributed by atoms with Gasteiger partial charge in [-0.3, -0.25) is 4.99 Å². The van der Waals surface area contributed by atoms with Crippen molar-refractivity contribution in [2.45, 2.75) is 18.9 Å². The molecule has 0 unspecified atom stereocenters. The van der Waals surface area contributed by atoms with Gasteiger partial charge in [-0.15, -0.1) is 0 Å². The third kappa shape index (κ3) is 3.39. The van der Waals surface area contributed by atoms with Crippen molar-refractivity contribution < 1.29 is 0 Å². The molecule has 2 heterocycles. The van der Waals surface area contributed by atoms with E-state index in [2.05, 4.69) is 50.1 Å². The van der Waals surface area contributed by atoms with E-state index in [1.54, 1.807) is 11.3 Å². The van der Waals surface area contributed by atoms with Crippen LogP contribution in [-0.2, 0) is 0 Å². The number of rotatable bonds is 4. The van der Waals surface area contributed by atoms with Crippen molar-refractivity contribution in [2.75, 3.05) is 0 Å². The summed E-state index contributed by atoms with van der Waals surface area (Å²) in [4.78, 5) is 10.4. The lowest BCUT2D eigenvalue weighted by molar-refractivity contribution is 0.965. The molecule has 134 valence electrons. The predicted octanol–water partition coefficient (Wildman–Crippen LogP) is 6.23. The smallest absolute Gasteiger partial charge is 0.213 e. The van der Waals surface area contributed by atoms with Crippen LogP contribution in [0.15, 0.2) is 62.5 Å². The van der Waals surface area contributed by atoms with Gasteiger partial charge in [0, 0.05) is 26.3 Å². The van der Waals surface area contributed by atoms with Crippen LogP contribution in [0.25, 0.3) is 26.8 Å². The lowest BCUT2D eigenvalue weighted by Gasteiger charge is -2.01. The molecule has 4 nitrogen and oxygen atoms in total. The van der Waals surface area contributed by atoms with Gasteiger partial charge in [0.25, 0.3) is 0 Å². The highest BCUT2D eigenvalue weighted by molar-refractivity contribution is 9.10. The largest absolute Gasteiger partial charge is 0.288 e. The second-order valence-corrected chi connectivity index (χ2v) is 9.17. The van der Waals surface area contributed by atoms with Gasteiger partial charge in [-0.25, -0.2) is 9.50 Å². The molecule has 0 N–H and O–H groups in total. The average Bonchev–Trinajstić information content (AvgIpc) is 3.31. The average molecular weight is 502 g/mol. The zero-order valence-corrected chi connectivity index (χ0v) is 18.1. The van der Waals surface area contributed by atoms with Crippen molar-refractivity contribution in [3.63, 3.8) is 0 Å². The number of imidazole rings is 1. The molecule has 27 heavy (non-hydrogen) atoms. The SMILES string of the molecule is Brc1ccc(-c2nc3sc(-c4ccccc4Br)nn3c2C=NC2CC2)cc1. The molecule has 4 aromatic rings. The van der Waals surface area contributed by atoms with E-state index in [1.165, 1.54) is 12.8 Å². The van der Waals surface area contributed by atoms with E-state index in [4.69, 9.17) is 15.1 Å². The number of hydrogen-bond donors (Lipinski definition) is 0. The molecule has 7 heteroatoms. The standard InChI is InChI=1S/C20H14Br2N4S/c21-13-7-5-12(6-8-13)18-17(11-23-14-9-10-14)26-20(24-18)27-19(25-26)15-3-1-2-4-16(15)22/h1-8,11,14H,9-10H2. The van der Waals surface area contributed by atoms with Crippen LogP contribution in [0.5, 0.6) is 0 Å². The van der Waals surface area contributed by atoms with Crippen LogP contribution >= 0.6 is 43.2 Å². The lowest BCUT2D eigenvalue weighted by Crippen LogP contribution is -1.96. The van der Waals surface area contributed by atoms with E-state index >= 15 is 0 Å². The van der Waals surface area contributed by atoms with Crippen LogP contribution in [0.3, 0.4) is 0 Å². The number of benzene rings is 2. The molecule has 0 bridgehead atoms. The predicted molar refractivity (Wildman–Crippen MR) is 118 cm³/mol. The molecule has 1 fully saturated rings. The van der Waals surface area contributed by atoms with Crippen molar-refractivity contribution in [1.82, 2.24) is 14.6 Å². The van der Waals surface area contributed by atoms with Gasteiger partial charge in [0.15, 0.2) is 0 Å². The second kappa shape index (κ2) is 6.96. The molecule has 1 saturated carbocycles. The maximum atomic E-state index is 4.88. The van der Waals surface area contributed by atoms with Gasteiger partial charge >= 0.3 is 0 Å². The number of nitrogens with zero attached hydrogens (tertiary/aromatic N) is 4. The van der Waals surface area contributed by atoms with Crippen LogP contribution < -0.4 is 0 Å². The third-order valence-corrected chi connectivity index (χ3v) is 6.58. The van der Waals surface area contributed by atoms with Crippen molar-refractivity contribution in [3.05, 3.63) is 63.2 Å². The minimum Gasteiger partial charge on any atom is -0.288 e. The monoisotopic (exact) mass is 500 g/mol. The molecular weight excluding hydrogens is 488 g/mol. The Morgan fingerprint density at radius 1 is 1.07 bits per heavy atom. The fraction of sp³-hybridized carbons (Fsp3) is 0.150. The van der Waals surface area contributed by atoms with Gasteiger partial charge in [-0.1, -0.05) is 73.5 Å². The fourth-order valence-corrected chi connectivity index (χ4v) is 4.66. The molecular formula is C20H14Br2N4S. The summed E-state index contributed by atoms with van der Waals surface area (Å²) in [5.74, 6) is 0. The molecule has 1 aliphatic rings. The molecule has 0 radical (unpaired) electrons. The number of aliphatic imine (C=N–C) groups is 1. The normalized spacial score (nSPS) is 14.4. The van der Waals surface area contributed by atoms with E-state index in [0.717, 1.165) is 41.4 Å². The highest BCUT2D eigenvalue weighted by atomic mass is 79.9. The van der Waals surface area contributed by atoms with E-state index in [0.29, 0.717) is 6.04 Å². The van der Waals surface area contributed by atoms with E-state index in [-0.39, 0.29) is 0 Å². The van der Waals surface area contributed by atoms with Crippen LogP contribution in [0, 0.1) is 0 Å². The fourth-order valence-electron chi connectivity index (χ4n) is 2.84. The van der Waals surface area contributed by atoms with Crippen molar-refractivity contribution in [3.8, 4) is 21.8 Å². The zero-order valence-electron chi connectivity index (χ0n) is 14.1. The van der Waals surface area contributed by atoms with E-state index in [1.807, 2.05) is 41.1 Å². The van der Waals surface area contributed by atoms with E-state index < -0.39 is 0 Å². The molecule has 0 atom stereocenters.